The highest BCUT2D eigenvalue weighted by molar-refractivity contribution is 5.71. The standard InChI is InChI=1S/C77H122O6/c1-4-7-10-13-16-19-22-25-28-31-34-35-36-37-38-39-40-41-44-46-49-52-55-58-61-64-67-70-76(79)82-73-74(83-77(80)71-68-65-62-59-56-53-50-47-43-33-30-27-24-21-18-15-12-9-6-3)72-81-75(78)69-66-63-60-57-54-51-48-45-42-32-29-26-23-20-17-14-11-8-5-2/h7-12,16-21,25-30,34-35,37-38,42-43,45,47,53,56,74H,4-6,13-15,22-24,31-33,36,39-41,44,46,48-52,54-55,57-73H2,1-3H3/b10-7-,11-8-,12-9-,19-16-,20-17-,21-18-,28-25-,29-26-,30-27-,35-34-,38-37-,45-42-,47-43-,56-53-. The van der Waals surface area contributed by atoms with E-state index in [0.717, 1.165) is 161 Å². The maximum absolute atomic E-state index is 12.9. The molecule has 0 bridgehead atoms. The summed E-state index contributed by atoms with van der Waals surface area (Å²) in [5, 5.41) is 0. The van der Waals surface area contributed by atoms with Gasteiger partial charge < -0.3 is 14.2 Å². The van der Waals surface area contributed by atoms with Crippen LogP contribution in [0.25, 0.3) is 0 Å². The van der Waals surface area contributed by atoms with E-state index in [4.69, 9.17) is 14.2 Å². The topological polar surface area (TPSA) is 78.9 Å². The fourth-order valence-electron chi connectivity index (χ4n) is 8.78. The summed E-state index contributed by atoms with van der Waals surface area (Å²) < 4.78 is 16.9. The first-order valence-corrected chi connectivity index (χ1v) is 33.6. The second kappa shape index (κ2) is 69.3. The molecule has 1 atom stereocenters. The lowest BCUT2D eigenvalue weighted by atomic mass is 10.0. The maximum atomic E-state index is 12.9. The molecule has 0 aromatic rings. The molecule has 0 amide bonds. The number of ether oxygens (including phenoxy) is 3. The molecule has 0 aromatic heterocycles. The summed E-state index contributed by atoms with van der Waals surface area (Å²) in [6.07, 6.45) is 102. The maximum Gasteiger partial charge on any atom is 0.306 e. The van der Waals surface area contributed by atoms with Crippen molar-refractivity contribution in [3.8, 4) is 0 Å². The molecule has 0 aliphatic heterocycles. The Kier molecular flexibility index (Phi) is 64.9. The van der Waals surface area contributed by atoms with Crippen LogP contribution < -0.4 is 0 Å². The Morgan fingerprint density at radius 2 is 0.434 bits per heavy atom. The number of esters is 3. The molecule has 0 fully saturated rings. The Balaban J connectivity index is 4.46. The van der Waals surface area contributed by atoms with E-state index in [0.29, 0.717) is 19.3 Å². The van der Waals surface area contributed by atoms with E-state index in [1.165, 1.54) is 70.6 Å². The third-order valence-electron chi connectivity index (χ3n) is 13.7. The number of unbranched alkanes of at least 4 members (excludes halogenated alkanes) is 20. The molecule has 1 unspecified atom stereocenters. The lowest BCUT2D eigenvalue weighted by Gasteiger charge is -2.18. The van der Waals surface area contributed by atoms with Gasteiger partial charge in [0, 0.05) is 19.3 Å². The molecular formula is C77H122O6. The Hall–Kier alpha value is -5.23. The summed E-state index contributed by atoms with van der Waals surface area (Å²) in [5.74, 6) is -0.955. The number of allylic oxidation sites excluding steroid dienone is 28. The Morgan fingerprint density at radius 1 is 0.241 bits per heavy atom. The largest absolute Gasteiger partial charge is 0.462 e. The van der Waals surface area contributed by atoms with Crippen LogP contribution in [-0.4, -0.2) is 37.2 Å². The van der Waals surface area contributed by atoms with Crippen molar-refractivity contribution in [3.05, 3.63) is 170 Å². The molecule has 0 spiro atoms. The number of carbonyl (C=O) groups is 3. The van der Waals surface area contributed by atoms with Crippen molar-refractivity contribution in [1.29, 1.82) is 0 Å². The zero-order chi connectivity index (χ0) is 59.9. The average Bonchev–Trinajstić information content (AvgIpc) is 3.50. The first kappa shape index (κ1) is 77.8. The van der Waals surface area contributed by atoms with Crippen LogP contribution in [0.3, 0.4) is 0 Å². The molecule has 0 aliphatic rings. The molecule has 6 heteroatoms. The van der Waals surface area contributed by atoms with Gasteiger partial charge in [-0.25, -0.2) is 0 Å². The summed E-state index contributed by atoms with van der Waals surface area (Å²) in [6.45, 7) is 6.26. The second-order valence-corrected chi connectivity index (χ2v) is 21.6. The molecule has 6 nitrogen and oxygen atoms in total. The highest BCUT2D eigenvalue weighted by atomic mass is 16.6. The summed E-state index contributed by atoms with van der Waals surface area (Å²) in [7, 11) is 0. The van der Waals surface area contributed by atoms with Crippen molar-refractivity contribution in [1.82, 2.24) is 0 Å². The van der Waals surface area contributed by atoms with Crippen molar-refractivity contribution in [3.63, 3.8) is 0 Å². The van der Waals surface area contributed by atoms with Crippen molar-refractivity contribution in [2.45, 2.75) is 284 Å². The van der Waals surface area contributed by atoms with Gasteiger partial charge >= 0.3 is 17.9 Å². The monoisotopic (exact) mass is 1140 g/mol. The van der Waals surface area contributed by atoms with E-state index in [2.05, 4.69) is 191 Å². The molecule has 0 heterocycles. The summed E-state index contributed by atoms with van der Waals surface area (Å²) in [4.78, 5) is 38.4. The van der Waals surface area contributed by atoms with E-state index in [-0.39, 0.29) is 37.5 Å². The lowest BCUT2D eigenvalue weighted by Crippen LogP contribution is -2.30. The van der Waals surface area contributed by atoms with E-state index < -0.39 is 6.10 Å². The Labute approximate surface area is 511 Å². The van der Waals surface area contributed by atoms with Crippen molar-refractivity contribution in [2.75, 3.05) is 13.2 Å². The van der Waals surface area contributed by atoms with Gasteiger partial charge in [-0.3, -0.25) is 14.4 Å². The minimum atomic E-state index is -0.814. The number of carbonyl (C=O) groups excluding carboxylic acids is 3. The molecule has 466 valence electrons. The van der Waals surface area contributed by atoms with E-state index in [1.54, 1.807) is 0 Å². The molecule has 0 rings (SSSR count). The van der Waals surface area contributed by atoms with Gasteiger partial charge in [-0.05, 0) is 148 Å². The predicted molar refractivity (Wildman–Crippen MR) is 361 cm³/mol. The quantitative estimate of drug-likeness (QED) is 0.0261. The predicted octanol–water partition coefficient (Wildman–Crippen LogP) is 23.4. The van der Waals surface area contributed by atoms with E-state index in [1.807, 2.05) is 0 Å². The van der Waals surface area contributed by atoms with Crippen LogP contribution in [0.15, 0.2) is 170 Å². The molecule has 0 radical (unpaired) electrons. The average molecular weight is 1140 g/mol. The molecule has 0 saturated carbocycles. The van der Waals surface area contributed by atoms with Crippen LogP contribution in [0.1, 0.15) is 278 Å². The van der Waals surface area contributed by atoms with Crippen LogP contribution in [-0.2, 0) is 28.6 Å². The molecule has 83 heavy (non-hydrogen) atoms. The van der Waals surface area contributed by atoms with Gasteiger partial charge in [-0.2, -0.15) is 0 Å². The fraction of sp³-hybridized carbons (Fsp3) is 0.597. The summed E-state index contributed by atoms with van der Waals surface area (Å²) in [6, 6.07) is 0. The Morgan fingerprint density at radius 3 is 0.687 bits per heavy atom. The van der Waals surface area contributed by atoms with Gasteiger partial charge in [0.15, 0.2) is 6.10 Å². The van der Waals surface area contributed by atoms with Gasteiger partial charge in [0.2, 0.25) is 0 Å². The molecule has 0 saturated heterocycles. The number of hydrogen-bond donors (Lipinski definition) is 0. The first-order valence-electron chi connectivity index (χ1n) is 33.6. The van der Waals surface area contributed by atoms with Gasteiger partial charge in [-0.1, -0.05) is 281 Å². The third kappa shape index (κ3) is 67.4. The molecular weight excluding hydrogens is 1020 g/mol. The Bertz CT molecular complexity index is 1890. The minimum absolute atomic E-state index is 0.105. The van der Waals surface area contributed by atoms with Crippen molar-refractivity contribution < 1.29 is 28.6 Å². The third-order valence-corrected chi connectivity index (χ3v) is 13.7. The lowest BCUT2D eigenvalue weighted by molar-refractivity contribution is -0.167. The summed E-state index contributed by atoms with van der Waals surface area (Å²) >= 11 is 0. The minimum Gasteiger partial charge on any atom is -0.462 e. The van der Waals surface area contributed by atoms with Crippen LogP contribution in [0.2, 0.25) is 0 Å². The second-order valence-electron chi connectivity index (χ2n) is 21.6. The number of rotatable bonds is 59. The highest BCUT2D eigenvalue weighted by Gasteiger charge is 2.19. The van der Waals surface area contributed by atoms with Crippen LogP contribution in [0.5, 0.6) is 0 Å². The molecule has 0 N–H and O–H groups in total. The zero-order valence-corrected chi connectivity index (χ0v) is 53.4. The SMILES string of the molecule is CC/C=C\C/C=C\C/C=C\C/C=C\C/C=C\CCCCCCCCCCCCCC(=O)OCC(COC(=O)CCCCCCCC/C=C\C/C=C\C/C=C\C/C=C\CC)OC(=O)CCCCC/C=C\C/C=C\C/C=C\C/C=C\C/C=C\CC. The van der Waals surface area contributed by atoms with Crippen LogP contribution in [0, 0.1) is 0 Å². The van der Waals surface area contributed by atoms with Gasteiger partial charge in [0.25, 0.3) is 0 Å². The van der Waals surface area contributed by atoms with Gasteiger partial charge in [-0.15, -0.1) is 0 Å². The smallest absolute Gasteiger partial charge is 0.306 e. The van der Waals surface area contributed by atoms with Crippen LogP contribution >= 0.6 is 0 Å². The van der Waals surface area contributed by atoms with Gasteiger partial charge in [0.05, 0.1) is 0 Å². The van der Waals surface area contributed by atoms with E-state index >= 15 is 0 Å². The molecule has 0 aliphatic carbocycles. The highest BCUT2D eigenvalue weighted by Crippen LogP contribution is 2.15. The zero-order valence-electron chi connectivity index (χ0n) is 53.4. The van der Waals surface area contributed by atoms with Gasteiger partial charge in [0.1, 0.15) is 13.2 Å². The normalized spacial score (nSPS) is 13.2. The molecule has 0 aromatic carbocycles. The summed E-state index contributed by atoms with van der Waals surface area (Å²) in [5.41, 5.74) is 0. The van der Waals surface area contributed by atoms with E-state index in [9.17, 15) is 14.4 Å². The first-order chi connectivity index (χ1) is 41.0. The van der Waals surface area contributed by atoms with Crippen LogP contribution in [0.4, 0.5) is 0 Å². The fourth-order valence-corrected chi connectivity index (χ4v) is 8.78. The number of hydrogen-bond acceptors (Lipinski definition) is 6. The van der Waals surface area contributed by atoms with Crippen molar-refractivity contribution in [2.24, 2.45) is 0 Å². The van der Waals surface area contributed by atoms with Crippen molar-refractivity contribution >= 4 is 17.9 Å².